The fraction of sp³-hybridized carbons (Fsp3) is 0.167. The van der Waals surface area contributed by atoms with Crippen LogP contribution < -0.4 is 0 Å². The number of halogens is 1. The first-order valence-corrected chi connectivity index (χ1v) is 2.92. The van der Waals surface area contributed by atoms with Gasteiger partial charge in [0.15, 0.2) is 0 Å². The van der Waals surface area contributed by atoms with E-state index in [0.717, 1.165) is 11.9 Å². The minimum absolute atomic E-state index is 0.255. The topological polar surface area (TPSA) is 12.9 Å². The van der Waals surface area contributed by atoms with E-state index in [0.29, 0.717) is 0 Å². The van der Waals surface area contributed by atoms with Gasteiger partial charge in [0.25, 0.3) is 0 Å². The van der Waals surface area contributed by atoms with E-state index in [1.165, 1.54) is 12.3 Å². The number of pyridine rings is 1. The van der Waals surface area contributed by atoms with Gasteiger partial charge in [0.2, 0.25) is 0 Å². The van der Waals surface area contributed by atoms with Crippen molar-refractivity contribution in [2.24, 2.45) is 0 Å². The van der Waals surface area contributed by atoms with Crippen LogP contribution in [0.4, 0.5) is 4.39 Å². The normalized spacial score (nSPS) is 9.44. The molecule has 3 heteroatoms. The quantitative estimate of drug-likeness (QED) is 0.491. The highest BCUT2D eigenvalue weighted by atomic mass is 19.1. The van der Waals surface area contributed by atoms with E-state index in [1.54, 1.807) is 6.20 Å². The Hall–Kier alpha value is -0.855. The smallest absolute Gasteiger partial charge is 0.141 e. The maximum atomic E-state index is 12.3. The summed E-state index contributed by atoms with van der Waals surface area (Å²) in [6.45, 7) is 0. The maximum Gasteiger partial charge on any atom is 0.141 e. The largest absolute Gasteiger partial charge is 0.261 e. The van der Waals surface area contributed by atoms with Gasteiger partial charge in [-0.15, -0.1) is 0 Å². The standard InChI is InChI=1S/C6H7BFN/c7-2-5-1-6(8)4-9-3-5/h1,3-4H,2,7H2. The Kier molecular flexibility index (Phi) is 1.83. The van der Waals surface area contributed by atoms with Gasteiger partial charge in [0.1, 0.15) is 13.7 Å². The number of hydrogen-bond donors (Lipinski definition) is 0. The van der Waals surface area contributed by atoms with Gasteiger partial charge in [-0.1, -0.05) is 6.32 Å². The predicted octanol–water partition coefficient (Wildman–Crippen LogP) is 0.354. The summed E-state index contributed by atoms with van der Waals surface area (Å²) in [4.78, 5) is 3.68. The van der Waals surface area contributed by atoms with Crippen LogP contribution in [-0.2, 0) is 6.32 Å². The molecule has 1 heterocycles. The second kappa shape index (κ2) is 2.62. The number of nitrogens with zero attached hydrogens (tertiary/aromatic N) is 1. The highest BCUT2D eigenvalue weighted by Crippen LogP contribution is 1.98. The molecule has 0 amide bonds. The predicted molar refractivity (Wildman–Crippen MR) is 36.4 cm³/mol. The van der Waals surface area contributed by atoms with E-state index >= 15 is 0 Å². The van der Waals surface area contributed by atoms with E-state index in [1.807, 2.05) is 7.85 Å². The van der Waals surface area contributed by atoms with E-state index in [4.69, 9.17) is 0 Å². The van der Waals surface area contributed by atoms with Crippen molar-refractivity contribution in [1.29, 1.82) is 0 Å². The van der Waals surface area contributed by atoms with Crippen molar-refractivity contribution >= 4 is 7.85 Å². The van der Waals surface area contributed by atoms with Crippen molar-refractivity contribution in [2.75, 3.05) is 0 Å². The van der Waals surface area contributed by atoms with Gasteiger partial charge in [0.05, 0.1) is 6.20 Å². The van der Waals surface area contributed by atoms with Crippen molar-refractivity contribution < 1.29 is 4.39 Å². The molecule has 0 atom stereocenters. The number of rotatable bonds is 1. The fourth-order valence-corrected chi connectivity index (χ4v) is 0.649. The molecule has 1 aromatic heterocycles. The second-order valence-corrected chi connectivity index (χ2v) is 1.86. The van der Waals surface area contributed by atoms with Crippen LogP contribution in [-0.4, -0.2) is 12.8 Å². The first-order chi connectivity index (χ1) is 4.33. The highest BCUT2D eigenvalue weighted by Gasteiger charge is 1.90. The Morgan fingerprint density at radius 3 is 2.78 bits per heavy atom. The lowest BCUT2D eigenvalue weighted by Gasteiger charge is -1.91. The summed E-state index contributed by atoms with van der Waals surface area (Å²) in [5.74, 6) is -0.255. The van der Waals surface area contributed by atoms with E-state index in [9.17, 15) is 4.39 Å². The molecule has 0 N–H and O–H groups in total. The van der Waals surface area contributed by atoms with Gasteiger partial charge in [-0.2, -0.15) is 0 Å². The molecule has 1 nitrogen and oxygen atoms in total. The van der Waals surface area contributed by atoms with E-state index in [-0.39, 0.29) is 5.82 Å². The molecule has 0 spiro atoms. The first kappa shape index (κ1) is 6.27. The van der Waals surface area contributed by atoms with Gasteiger partial charge < -0.3 is 0 Å². The van der Waals surface area contributed by atoms with Crippen LogP contribution in [0.1, 0.15) is 5.56 Å². The fourth-order valence-electron chi connectivity index (χ4n) is 0.649. The Bertz CT molecular complexity index is 202. The molecule has 0 aliphatic carbocycles. The van der Waals surface area contributed by atoms with Gasteiger partial charge in [-0.25, -0.2) is 4.39 Å². The van der Waals surface area contributed by atoms with Crippen LogP contribution >= 0.6 is 0 Å². The minimum Gasteiger partial charge on any atom is -0.261 e. The molecule has 0 fully saturated rings. The van der Waals surface area contributed by atoms with Gasteiger partial charge in [-0.3, -0.25) is 4.98 Å². The van der Waals surface area contributed by atoms with Crippen molar-refractivity contribution in [1.82, 2.24) is 4.98 Å². The molecule has 1 aromatic rings. The third kappa shape index (κ3) is 1.52. The van der Waals surface area contributed by atoms with Crippen LogP contribution in [0, 0.1) is 5.82 Å². The summed E-state index contributed by atoms with van der Waals surface area (Å²) in [5.41, 5.74) is 0.940. The van der Waals surface area contributed by atoms with Crippen LogP contribution in [0.15, 0.2) is 18.5 Å². The van der Waals surface area contributed by atoms with Crippen molar-refractivity contribution in [3.63, 3.8) is 0 Å². The van der Waals surface area contributed by atoms with Crippen molar-refractivity contribution in [2.45, 2.75) is 6.32 Å². The second-order valence-electron chi connectivity index (χ2n) is 1.86. The summed E-state index contributed by atoms with van der Waals surface area (Å²) in [6.07, 6.45) is 3.72. The maximum absolute atomic E-state index is 12.3. The average molecular weight is 123 g/mol. The lowest BCUT2D eigenvalue weighted by molar-refractivity contribution is 0.619. The molecule has 0 unspecified atom stereocenters. The third-order valence-corrected chi connectivity index (χ3v) is 1.17. The summed E-state index contributed by atoms with van der Waals surface area (Å²) in [5, 5.41) is 0. The highest BCUT2D eigenvalue weighted by molar-refractivity contribution is 6.08. The monoisotopic (exact) mass is 123 g/mol. The Morgan fingerprint density at radius 2 is 2.33 bits per heavy atom. The number of hydrogen-bond acceptors (Lipinski definition) is 1. The lowest BCUT2D eigenvalue weighted by atomic mass is 9.99. The third-order valence-electron chi connectivity index (χ3n) is 1.17. The van der Waals surface area contributed by atoms with Crippen LogP contribution in [0.2, 0.25) is 0 Å². The van der Waals surface area contributed by atoms with Crippen LogP contribution in [0.25, 0.3) is 0 Å². The zero-order chi connectivity index (χ0) is 6.69. The molecule has 46 valence electrons. The zero-order valence-electron chi connectivity index (χ0n) is 5.26. The first-order valence-electron chi connectivity index (χ1n) is 2.92. The average Bonchev–Trinajstić information content (AvgIpc) is 1.88. The Morgan fingerprint density at radius 1 is 1.56 bits per heavy atom. The lowest BCUT2D eigenvalue weighted by Crippen LogP contribution is -1.86. The molecule has 1 rings (SSSR count). The summed E-state index contributed by atoms with van der Waals surface area (Å²) >= 11 is 0. The van der Waals surface area contributed by atoms with Crippen LogP contribution in [0.5, 0.6) is 0 Å². The number of aromatic nitrogens is 1. The van der Waals surface area contributed by atoms with Gasteiger partial charge in [0, 0.05) is 6.20 Å². The Labute approximate surface area is 54.3 Å². The van der Waals surface area contributed by atoms with Crippen molar-refractivity contribution in [3.8, 4) is 0 Å². The van der Waals surface area contributed by atoms with E-state index < -0.39 is 0 Å². The SMILES string of the molecule is BCc1cncc(F)c1. The summed E-state index contributed by atoms with van der Waals surface area (Å²) in [6, 6.07) is 1.49. The van der Waals surface area contributed by atoms with Gasteiger partial charge in [-0.05, 0) is 11.6 Å². The van der Waals surface area contributed by atoms with Crippen molar-refractivity contribution in [3.05, 3.63) is 29.8 Å². The summed E-state index contributed by atoms with van der Waals surface area (Å²) < 4.78 is 12.3. The molecule has 0 radical (unpaired) electrons. The zero-order valence-corrected chi connectivity index (χ0v) is 5.26. The molecule has 9 heavy (non-hydrogen) atoms. The van der Waals surface area contributed by atoms with Gasteiger partial charge >= 0.3 is 0 Å². The molecular weight excluding hydrogens is 116 g/mol. The Balaban J connectivity index is 2.94. The molecule has 0 saturated heterocycles. The molecule has 0 aliphatic rings. The molecule has 0 aromatic carbocycles. The van der Waals surface area contributed by atoms with E-state index in [2.05, 4.69) is 4.98 Å². The molecule has 0 bridgehead atoms. The van der Waals surface area contributed by atoms with Crippen LogP contribution in [0.3, 0.4) is 0 Å². The molecule has 0 aliphatic heterocycles. The summed E-state index contributed by atoms with van der Waals surface area (Å²) in [7, 11) is 1.97. The molecular formula is C6H7BFN. The minimum atomic E-state index is -0.255. The molecule has 0 saturated carbocycles.